The SMILES string of the molecule is CC(C)c1ccc(C(O)C(C)NCCO)cc1. The van der Waals surface area contributed by atoms with E-state index in [2.05, 4.69) is 31.3 Å². The maximum absolute atomic E-state index is 10.1. The number of hydrogen-bond donors (Lipinski definition) is 3. The van der Waals surface area contributed by atoms with E-state index < -0.39 is 6.10 Å². The molecule has 1 rings (SSSR count). The van der Waals surface area contributed by atoms with Gasteiger partial charge in [-0.1, -0.05) is 38.1 Å². The molecule has 2 atom stereocenters. The number of benzene rings is 1. The van der Waals surface area contributed by atoms with Gasteiger partial charge in [-0.05, 0) is 24.0 Å². The Morgan fingerprint density at radius 2 is 1.59 bits per heavy atom. The lowest BCUT2D eigenvalue weighted by Crippen LogP contribution is -2.34. The van der Waals surface area contributed by atoms with Crippen LogP contribution in [0, 0.1) is 0 Å². The number of rotatable bonds is 6. The van der Waals surface area contributed by atoms with E-state index in [1.807, 2.05) is 19.1 Å². The molecule has 0 aliphatic rings. The Morgan fingerprint density at radius 1 is 1.06 bits per heavy atom. The van der Waals surface area contributed by atoms with Crippen molar-refractivity contribution in [1.29, 1.82) is 0 Å². The van der Waals surface area contributed by atoms with Gasteiger partial charge in [-0.15, -0.1) is 0 Å². The summed E-state index contributed by atoms with van der Waals surface area (Å²) in [5.41, 5.74) is 2.18. The first-order valence-electron chi connectivity index (χ1n) is 6.18. The van der Waals surface area contributed by atoms with Crippen LogP contribution in [0.2, 0.25) is 0 Å². The van der Waals surface area contributed by atoms with E-state index in [1.165, 1.54) is 5.56 Å². The van der Waals surface area contributed by atoms with Crippen molar-refractivity contribution in [3.63, 3.8) is 0 Å². The predicted octanol–water partition coefficient (Wildman–Crippen LogP) is 1.81. The fourth-order valence-corrected chi connectivity index (χ4v) is 1.77. The Balaban J connectivity index is 2.65. The Labute approximate surface area is 103 Å². The van der Waals surface area contributed by atoms with E-state index in [4.69, 9.17) is 5.11 Å². The summed E-state index contributed by atoms with van der Waals surface area (Å²) in [5.74, 6) is 0.506. The van der Waals surface area contributed by atoms with Crippen LogP contribution in [0.15, 0.2) is 24.3 Å². The summed E-state index contributed by atoms with van der Waals surface area (Å²) in [6.45, 7) is 6.80. The van der Waals surface area contributed by atoms with Crippen molar-refractivity contribution in [2.24, 2.45) is 0 Å². The number of aliphatic hydroxyl groups excluding tert-OH is 2. The van der Waals surface area contributed by atoms with Crippen LogP contribution in [0.1, 0.15) is 43.9 Å². The molecule has 96 valence electrons. The van der Waals surface area contributed by atoms with Crippen LogP contribution in [0.4, 0.5) is 0 Å². The number of hydrogen-bond acceptors (Lipinski definition) is 3. The van der Waals surface area contributed by atoms with Gasteiger partial charge in [0.15, 0.2) is 0 Å². The smallest absolute Gasteiger partial charge is 0.0940 e. The Bertz CT molecular complexity index is 321. The zero-order valence-electron chi connectivity index (χ0n) is 10.9. The summed E-state index contributed by atoms with van der Waals surface area (Å²) in [4.78, 5) is 0. The fourth-order valence-electron chi connectivity index (χ4n) is 1.77. The zero-order valence-corrected chi connectivity index (χ0v) is 10.9. The number of aliphatic hydroxyl groups is 2. The van der Waals surface area contributed by atoms with Crippen LogP contribution in [0.5, 0.6) is 0 Å². The van der Waals surface area contributed by atoms with E-state index in [1.54, 1.807) is 0 Å². The second-order valence-corrected chi connectivity index (χ2v) is 4.73. The first kappa shape index (κ1) is 14.2. The molecule has 0 aliphatic heterocycles. The molecule has 0 bridgehead atoms. The minimum Gasteiger partial charge on any atom is -0.395 e. The lowest BCUT2D eigenvalue weighted by molar-refractivity contribution is 0.132. The molecular weight excluding hydrogens is 214 g/mol. The molecule has 0 aromatic heterocycles. The molecule has 0 saturated carbocycles. The molecule has 1 aromatic carbocycles. The van der Waals surface area contributed by atoms with Gasteiger partial charge in [0, 0.05) is 12.6 Å². The summed E-state index contributed by atoms with van der Waals surface area (Å²) >= 11 is 0. The van der Waals surface area contributed by atoms with E-state index in [0.717, 1.165) is 5.56 Å². The van der Waals surface area contributed by atoms with Crippen molar-refractivity contribution in [3.05, 3.63) is 35.4 Å². The fraction of sp³-hybridized carbons (Fsp3) is 0.571. The summed E-state index contributed by atoms with van der Waals surface area (Å²) in [7, 11) is 0. The van der Waals surface area contributed by atoms with Gasteiger partial charge in [0.25, 0.3) is 0 Å². The summed E-state index contributed by atoms with van der Waals surface area (Å²) in [6.07, 6.45) is -0.539. The molecule has 0 spiro atoms. The van der Waals surface area contributed by atoms with Gasteiger partial charge in [-0.3, -0.25) is 0 Å². The van der Waals surface area contributed by atoms with Gasteiger partial charge in [-0.2, -0.15) is 0 Å². The molecule has 0 fully saturated rings. The van der Waals surface area contributed by atoms with E-state index in [-0.39, 0.29) is 12.6 Å². The third-order valence-corrected chi connectivity index (χ3v) is 3.00. The van der Waals surface area contributed by atoms with Gasteiger partial charge in [-0.25, -0.2) is 0 Å². The standard InChI is InChI=1S/C14H23NO2/c1-10(2)12-4-6-13(7-5-12)14(17)11(3)15-8-9-16/h4-7,10-11,14-17H,8-9H2,1-3H3. The quantitative estimate of drug-likeness (QED) is 0.707. The molecule has 0 aliphatic carbocycles. The first-order valence-corrected chi connectivity index (χ1v) is 6.18. The molecule has 1 aromatic rings. The van der Waals surface area contributed by atoms with Gasteiger partial charge in [0.05, 0.1) is 12.7 Å². The molecular formula is C14H23NO2. The number of nitrogens with one attached hydrogen (secondary N) is 1. The lowest BCUT2D eigenvalue weighted by Gasteiger charge is -2.20. The Morgan fingerprint density at radius 3 is 2.06 bits per heavy atom. The lowest BCUT2D eigenvalue weighted by atomic mass is 9.98. The monoisotopic (exact) mass is 237 g/mol. The summed E-state index contributed by atoms with van der Waals surface area (Å²) in [6, 6.07) is 7.99. The topological polar surface area (TPSA) is 52.5 Å². The van der Waals surface area contributed by atoms with Crippen molar-refractivity contribution in [1.82, 2.24) is 5.32 Å². The largest absolute Gasteiger partial charge is 0.395 e. The molecule has 3 heteroatoms. The molecule has 0 amide bonds. The van der Waals surface area contributed by atoms with E-state index >= 15 is 0 Å². The van der Waals surface area contributed by atoms with E-state index in [0.29, 0.717) is 12.5 Å². The van der Waals surface area contributed by atoms with Gasteiger partial charge in [0.1, 0.15) is 0 Å². The molecule has 17 heavy (non-hydrogen) atoms. The van der Waals surface area contributed by atoms with Crippen molar-refractivity contribution < 1.29 is 10.2 Å². The van der Waals surface area contributed by atoms with Crippen LogP contribution in [0.25, 0.3) is 0 Å². The molecule has 3 N–H and O–H groups in total. The molecule has 3 nitrogen and oxygen atoms in total. The minimum absolute atomic E-state index is 0.0629. The second kappa shape index (κ2) is 6.74. The average Bonchev–Trinajstić information content (AvgIpc) is 2.35. The van der Waals surface area contributed by atoms with Crippen LogP contribution < -0.4 is 5.32 Å². The molecule has 0 radical (unpaired) electrons. The zero-order chi connectivity index (χ0) is 12.8. The van der Waals surface area contributed by atoms with Gasteiger partial charge in [0.2, 0.25) is 0 Å². The minimum atomic E-state index is -0.539. The van der Waals surface area contributed by atoms with Crippen LogP contribution >= 0.6 is 0 Å². The highest BCUT2D eigenvalue weighted by Gasteiger charge is 2.15. The average molecular weight is 237 g/mol. The van der Waals surface area contributed by atoms with Crippen LogP contribution in [-0.2, 0) is 0 Å². The highest BCUT2D eigenvalue weighted by atomic mass is 16.3. The van der Waals surface area contributed by atoms with Crippen molar-refractivity contribution in [3.8, 4) is 0 Å². The Kier molecular flexibility index (Phi) is 5.62. The van der Waals surface area contributed by atoms with Crippen LogP contribution in [-0.4, -0.2) is 29.4 Å². The van der Waals surface area contributed by atoms with Gasteiger partial charge < -0.3 is 15.5 Å². The second-order valence-electron chi connectivity index (χ2n) is 4.73. The first-order chi connectivity index (χ1) is 8.06. The third kappa shape index (κ3) is 4.11. The summed E-state index contributed by atoms with van der Waals surface area (Å²) in [5, 5.41) is 21.9. The highest BCUT2D eigenvalue weighted by Crippen LogP contribution is 2.20. The molecule has 0 heterocycles. The molecule has 0 saturated heterocycles. The summed E-state index contributed by atoms with van der Waals surface area (Å²) < 4.78 is 0. The van der Waals surface area contributed by atoms with E-state index in [9.17, 15) is 5.11 Å². The maximum atomic E-state index is 10.1. The normalized spacial score (nSPS) is 14.9. The third-order valence-electron chi connectivity index (χ3n) is 3.00. The Hall–Kier alpha value is -0.900. The highest BCUT2D eigenvalue weighted by molar-refractivity contribution is 5.26. The van der Waals surface area contributed by atoms with Crippen molar-refractivity contribution >= 4 is 0 Å². The van der Waals surface area contributed by atoms with Crippen molar-refractivity contribution in [2.45, 2.75) is 38.8 Å². The maximum Gasteiger partial charge on any atom is 0.0940 e. The van der Waals surface area contributed by atoms with Gasteiger partial charge >= 0.3 is 0 Å². The van der Waals surface area contributed by atoms with Crippen LogP contribution in [0.3, 0.4) is 0 Å². The van der Waals surface area contributed by atoms with Crippen molar-refractivity contribution in [2.75, 3.05) is 13.2 Å². The predicted molar refractivity (Wildman–Crippen MR) is 70.0 cm³/mol. The molecule has 2 unspecified atom stereocenters.